The molecule has 0 saturated heterocycles. The van der Waals surface area contributed by atoms with Crippen molar-refractivity contribution in [2.45, 2.75) is 6.04 Å². The third kappa shape index (κ3) is 4.14. The fourth-order valence-electron chi connectivity index (χ4n) is 3.00. The lowest BCUT2D eigenvalue weighted by Gasteiger charge is -2.19. The van der Waals surface area contributed by atoms with Gasteiger partial charge in [0.2, 0.25) is 0 Å². The van der Waals surface area contributed by atoms with Gasteiger partial charge in [0.1, 0.15) is 17.1 Å². The number of rotatable bonds is 6. The minimum Gasteiger partial charge on any atom is -0.497 e. The van der Waals surface area contributed by atoms with Crippen LogP contribution >= 0.6 is 0 Å². The van der Waals surface area contributed by atoms with Gasteiger partial charge in [0.25, 0.3) is 5.91 Å². The summed E-state index contributed by atoms with van der Waals surface area (Å²) in [6, 6.07) is 18.2. The van der Waals surface area contributed by atoms with E-state index in [4.69, 9.17) is 4.74 Å². The van der Waals surface area contributed by atoms with Crippen LogP contribution in [0.1, 0.15) is 27.7 Å². The summed E-state index contributed by atoms with van der Waals surface area (Å²) in [5, 5.41) is 10.1. The predicted molar refractivity (Wildman–Crippen MR) is 108 cm³/mol. The second-order valence-corrected chi connectivity index (χ2v) is 6.34. The highest BCUT2D eigenvalue weighted by molar-refractivity contribution is 5.93. The first kappa shape index (κ1) is 18.4. The lowest BCUT2D eigenvalue weighted by molar-refractivity contribution is 0.0938. The van der Waals surface area contributed by atoms with Crippen molar-refractivity contribution in [1.82, 2.24) is 25.5 Å². The smallest absolute Gasteiger partial charge is 0.270 e. The van der Waals surface area contributed by atoms with Crippen LogP contribution in [-0.2, 0) is 0 Å². The minimum atomic E-state index is -0.349. The maximum absolute atomic E-state index is 12.9. The number of H-pyrrole nitrogens is 1. The van der Waals surface area contributed by atoms with Gasteiger partial charge in [-0.05, 0) is 53.6 Å². The van der Waals surface area contributed by atoms with Crippen molar-refractivity contribution in [2.24, 2.45) is 0 Å². The van der Waals surface area contributed by atoms with E-state index in [1.54, 1.807) is 31.8 Å². The number of carbonyl (C=O) groups excluding carboxylic acids is 1. The topological polar surface area (TPSA) is 92.8 Å². The molecule has 29 heavy (non-hydrogen) atoms. The van der Waals surface area contributed by atoms with Crippen LogP contribution in [0.3, 0.4) is 0 Å². The van der Waals surface area contributed by atoms with E-state index in [9.17, 15) is 4.79 Å². The van der Waals surface area contributed by atoms with Gasteiger partial charge in [-0.2, -0.15) is 5.10 Å². The molecule has 0 radical (unpaired) electrons. The predicted octanol–water partition coefficient (Wildman–Crippen LogP) is 3.39. The molecule has 1 amide bonds. The molecular weight excluding hydrogens is 366 g/mol. The van der Waals surface area contributed by atoms with Crippen molar-refractivity contribution in [3.8, 4) is 17.1 Å². The Balaban J connectivity index is 1.60. The van der Waals surface area contributed by atoms with E-state index in [1.807, 2.05) is 54.6 Å². The first-order valence-electron chi connectivity index (χ1n) is 9.06. The third-order valence-corrected chi connectivity index (χ3v) is 4.51. The summed E-state index contributed by atoms with van der Waals surface area (Å²) in [6.07, 6.45) is 5.09. The zero-order valence-electron chi connectivity index (χ0n) is 15.7. The monoisotopic (exact) mass is 385 g/mol. The summed E-state index contributed by atoms with van der Waals surface area (Å²) < 4.78 is 5.23. The Bertz CT molecular complexity index is 1080. The molecule has 4 rings (SSSR count). The molecule has 7 nitrogen and oxygen atoms in total. The second kappa shape index (κ2) is 8.35. The van der Waals surface area contributed by atoms with Crippen molar-refractivity contribution in [1.29, 1.82) is 0 Å². The zero-order valence-corrected chi connectivity index (χ0v) is 15.7. The van der Waals surface area contributed by atoms with Gasteiger partial charge in [-0.15, -0.1) is 0 Å². The van der Waals surface area contributed by atoms with Gasteiger partial charge in [0, 0.05) is 18.6 Å². The van der Waals surface area contributed by atoms with E-state index < -0.39 is 0 Å². The van der Waals surface area contributed by atoms with Gasteiger partial charge in [-0.25, -0.2) is 0 Å². The number of carbonyl (C=O) groups is 1. The molecule has 1 atom stereocenters. The maximum atomic E-state index is 12.9. The number of hydrogen-bond donors (Lipinski definition) is 2. The molecule has 0 spiro atoms. The van der Waals surface area contributed by atoms with Gasteiger partial charge in [-0.3, -0.25) is 19.9 Å². The number of methoxy groups -OCH3 is 1. The van der Waals surface area contributed by atoms with Crippen molar-refractivity contribution in [3.05, 3.63) is 96.1 Å². The second-order valence-electron chi connectivity index (χ2n) is 6.34. The van der Waals surface area contributed by atoms with Crippen LogP contribution < -0.4 is 10.1 Å². The molecule has 1 aromatic carbocycles. The standard InChI is InChI=1S/C22H19N5O2/c1-29-17-7-5-15(6-8-17)21(16-9-12-23-13-10-16)25-22(28)20-14-19(26-27-20)18-4-2-3-11-24-18/h2-14,21H,1H3,(H,25,28)(H,26,27). The Morgan fingerprint density at radius 1 is 0.966 bits per heavy atom. The summed E-state index contributed by atoms with van der Waals surface area (Å²) >= 11 is 0. The van der Waals surface area contributed by atoms with E-state index in [1.165, 1.54) is 0 Å². The molecule has 3 aromatic heterocycles. The normalized spacial score (nSPS) is 11.6. The number of amides is 1. The molecule has 0 fully saturated rings. The summed E-state index contributed by atoms with van der Waals surface area (Å²) in [6.45, 7) is 0. The number of aromatic nitrogens is 4. The largest absolute Gasteiger partial charge is 0.497 e. The Kier molecular flexibility index (Phi) is 5.29. The highest BCUT2D eigenvalue weighted by Crippen LogP contribution is 2.24. The first-order chi connectivity index (χ1) is 14.2. The fraction of sp³-hybridized carbons (Fsp3) is 0.0909. The van der Waals surface area contributed by atoms with Crippen LogP contribution in [-0.4, -0.2) is 33.2 Å². The van der Waals surface area contributed by atoms with E-state index in [2.05, 4.69) is 25.5 Å². The van der Waals surface area contributed by atoms with Gasteiger partial charge in [-0.1, -0.05) is 18.2 Å². The molecular formula is C22H19N5O2. The fourth-order valence-corrected chi connectivity index (χ4v) is 3.00. The highest BCUT2D eigenvalue weighted by atomic mass is 16.5. The molecule has 0 aliphatic heterocycles. The quantitative estimate of drug-likeness (QED) is 0.531. The number of nitrogens with zero attached hydrogens (tertiary/aromatic N) is 3. The van der Waals surface area contributed by atoms with Gasteiger partial charge >= 0.3 is 0 Å². The molecule has 0 bridgehead atoms. The first-order valence-corrected chi connectivity index (χ1v) is 9.06. The average molecular weight is 385 g/mol. The SMILES string of the molecule is COc1ccc(C(NC(=O)c2cc(-c3ccccn3)n[nH]2)c2ccncc2)cc1. The number of ether oxygens (including phenoxy) is 1. The number of hydrogen-bond acceptors (Lipinski definition) is 5. The van der Waals surface area contributed by atoms with Crippen molar-refractivity contribution in [2.75, 3.05) is 7.11 Å². The summed E-state index contributed by atoms with van der Waals surface area (Å²) in [4.78, 5) is 21.3. The Labute approximate surface area is 167 Å². The Morgan fingerprint density at radius 2 is 1.72 bits per heavy atom. The zero-order chi connectivity index (χ0) is 20.1. The lowest BCUT2D eigenvalue weighted by atomic mass is 9.99. The number of benzene rings is 1. The molecule has 3 heterocycles. The molecule has 4 aromatic rings. The van der Waals surface area contributed by atoms with E-state index >= 15 is 0 Å². The molecule has 0 aliphatic rings. The van der Waals surface area contributed by atoms with Crippen molar-refractivity contribution in [3.63, 3.8) is 0 Å². The van der Waals surface area contributed by atoms with Crippen LogP contribution in [0.4, 0.5) is 0 Å². The van der Waals surface area contributed by atoms with Gasteiger partial charge in [0.15, 0.2) is 0 Å². The van der Waals surface area contributed by atoms with Crippen molar-refractivity contribution < 1.29 is 9.53 Å². The Hall–Kier alpha value is -4.00. The van der Waals surface area contributed by atoms with Crippen LogP contribution in [0.25, 0.3) is 11.4 Å². The molecule has 7 heteroatoms. The molecule has 0 aliphatic carbocycles. The number of nitrogens with one attached hydrogen (secondary N) is 2. The van der Waals surface area contributed by atoms with E-state index in [-0.39, 0.29) is 11.9 Å². The lowest BCUT2D eigenvalue weighted by Crippen LogP contribution is -2.29. The van der Waals surface area contributed by atoms with Crippen LogP contribution in [0.2, 0.25) is 0 Å². The van der Waals surface area contributed by atoms with Crippen molar-refractivity contribution >= 4 is 5.91 Å². The number of pyridine rings is 2. The highest BCUT2D eigenvalue weighted by Gasteiger charge is 2.20. The van der Waals surface area contributed by atoms with Crippen LogP contribution in [0.15, 0.2) is 79.3 Å². The van der Waals surface area contributed by atoms with Crippen LogP contribution in [0.5, 0.6) is 5.75 Å². The van der Waals surface area contributed by atoms with E-state index in [0.717, 1.165) is 16.9 Å². The Morgan fingerprint density at radius 3 is 2.41 bits per heavy atom. The van der Waals surface area contributed by atoms with Gasteiger partial charge in [0.05, 0.1) is 18.8 Å². The minimum absolute atomic E-state index is 0.266. The maximum Gasteiger partial charge on any atom is 0.270 e. The molecule has 0 saturated carbocycles. The summed E-state index contributed by atoms with van der Waals surface area (Å²) in [7, 11) is 1.62. The third-order valence-electron chi connectivity index (χ3n) is 4.51. The average Bonchev–Trinajstić information content (AvgIpc) is 3.29. The summed E-state index contributed by atoms with van der Waals surface area (Å²) in [5.74, 6) is 0.486. The molecule has 144 valence electrons. The molecule has 2 N–H and O–H groups in total. The van der Waals surface area contributed by atoms with E-state index in [0.29, 0.717) is 17.1 Å². The summed E-state index contributed by atoms with van der Waals surface area (Å²) in [5.41, 5.74) is 3.51. The molecule has 1 unspecified atom stereocenters. The van der Waals surface area contributed by atoms with Crippen LogP contribution in [0, 0.1) is 0 Å². The van der Waals surface area contributed by atoms with Gasteiger partial charge < -0.3 is 10.1 Å². The number of aromatic amines is 1.